The Morgan fingerprint density at radius 3 is 2.71 bits per heavy atom. The first-order chi connectivity index (χ1) is 6.52. The molecule has 14 heavy (non-hydrogen) atoms. The Hall–Kier alpha value is -1.12. The molecule has 0 saturated heterocycles. The van der Waals surface area contributed by atoms with Crippen molar-refractivity contribution in [1.82, 2.24) is 0 Å². The number of halogens is 2. The molecular weight excluding hydrogens is 186 g/mol. The summed E-state index contributed by atoms with van der Waals surface area (Å²) in [6, 6.07) is 3.04. The largest absolute Gasteiger partial charge is 0.507 e. The van der Waals surface area contributed by atoms with Crippen LogP contribution in [0.3, 0.4) is 0 Å². The topological polar surface area (TPSA) is 20.2 Å². The Balaban J connectivity index is 2.67. The average Bonchev–Trinajstić information content (AvgIpc) is 2.10. The summed E-state index contributed by atoms with van der Waals surface area (Å²) in [6.45, 7) is 1.81. The first-order valence-electron chi connectivity index (χ1n) is 4.72. The highest BCUT2D eigenvalue weighted by molar-refractivity contribution is 5.47. The van der Waals surface area contributed by atoms with E-state index in [1.54, 1.807) is 13.0 Å². The molecule has 1 N–H and O–H groups in total. The normalized spacial score (nSPS) is 19.1. The lowest BCUT2D eigenvalue weighted by Crippen LogP contribution is -2.21. The van der Waals surface area contributed by atoms with Crippen molar-refractivity contribution in [1.29, 1.82) is 0 Å². The van der Waals surface area contributed by atoms with E-state index in [1.807, 2.05) is 0 Å². The molecule has 1 aromatic rings. The first-order valence-corrected chi connectivity index (χ1v) is 4.72. The maximum Gasteiger partial charge on any atom is 0.277 e. The van der Waals surface area contributed by atoms with Crippen LogP contribution in [0.2, 0.25) is 0 Å². The van der Waals surface area contributed by atoms with Gasteiger partial charge in [0.1, 0.15) is 5.75 Å². The zero-order valence-corrected chi connectivity index (χ0v) is 7.98. The van der Waals surface area contributed by atoms with E-state index in [0.717, 1.165) is 5.56 Å². The summed E-state index contributed by atoms with van der Waals surface area (Å²) < 4.78 is 27.0. The highest BCUT2D eigenvalue weighted by atomic mass is 19.3. The molecule has 1 aromatic carbocycles. The fourth-order valence-electron chi connectivity index (χ4n) is 2.08. The molecule has 0 heterocycles. The van der Waals surface area contributed by atoms with Gasteiger partial charge in [-0.1, -0.05) is 6.07 Å². The van der Waals surface area contributed by atoms with Crippen molar-refractivity contribution in [2.24, 2.45) is 0 Å². The van der Waals surface area contributed by atoms with Gasteiger partial charge >= 0.3 is 0 Å². The van der Waals surface area contributed by atoms with Crippen molar-refractivity contribution in [2.75, 3.05) is 0 Å². The molecule has 0 bridgehead atoms. The second kappa shape index (κ2) is 2.94. The summed E-state index contributed by atoms with van der Waals surface area (Å²) in [4.78, 5) is 0. The molecule has 0 atom stereocenters. The third kappa shape index (κ3) is 1.27. The highest BCUT2D eigenvalue weighted by Gasteiger charge is 2.39. The van der Waals surface area contributed by atoms with Crippen LogP contribution < -0.4 is 0 Å². The van der Waals surface area contributed by atoms with Crippen molar-refractivity contribution in [3.8, 4) is 5.75 Å². The minimum absolute atomic E-state index is 0.149. The van der Waals surface area contributed by atoms with Crippen molar-refractivity contribution in [3.63, 3.8) is 0 Å². The molecule has 1 aliphatic rings. The average molecular weight is 198 g/mol. The number of aromatic hydroxyl groups is 1. The number of fused-ring (bicyclic) bond motifs is 1. The Morgan fingerprint density at radius 2 is 2.07 bits per heavy atom. The van der Waals surface area contributed by atoms with E-state index in [-0.39, 0.29) is 17.7 Å². The summed E-state index contributed by atoms with van der Waals surface area (Å²) in [5, 5.41) is 9.44. The van der Waals surface area contributed by atoms with Gasteiger partial charge in [-0.2, -0.15) is 0 Å². The van der Waals surface area contributed by atoms with E-state index in [1.165, 1.54) is 6.07 Å². The van der Waals surface area contributed by atoms with Crippen LogP contribution in [0.25, 0.3) is 0 Å². The van der Waals surface area contributed by atoms with Gasteiger partial charge in [0.2, 0.25) is 0 Å². The molecule has 0 aromatic heterocycles. The second-order valence-corrected chi connectivity index (χ2v) is 3.81. The van der Waals surface area contributed by atoms with Crippen LogP contribution in [0.15, 0.2) is 12.1 Å². The third-order valence-electron chi connectivity index (χ3n) is 2.81. The van der Waals surface area contributed by atoms with E-state index in [0.29, 0.717) is 18.4 Å². The van der Waals surface area contributed by atoms with Gasteiger partial charge < -0.3 is 5.11 Å². The zero-order valence-electron chi connectivity index (χ0n) is 7.98. The van der Waals surface area contributed by atoms with Crippen molar-refractivity contribution >= 4 is 0 Å². The lowest BCUT2D eigenvalue weighted by Gasteiger charge is -2.27. The van der Waals surface area contributed by atoms with Gasteiger partial charge in [-0.25, -0.2) is 8.78 Å². The molecule has 0 unspecified atom stereocenters. The van der Waals surface area contributed by atoms with E-state index < -0.39 is 5.92 Å². The number of phenols is 1. The Labute approximate surface area is 81.4 Å². The van der Waals surface area contributed by atoms with E-state index >= 15 is 0 Å². The maximum atomic E-state index is 13.5. The summed E-state index contributed by atoms with van der Waals surface area (Å²) in [5.74, 6) is -3.13. The molecule has 0 fully saturated rings. The van der Waals surface area contributed by atoms with Gasteiger partial charge in [0.25, 0.3) is 5.92 Å². The van der Waals surface area contributed by atoms with Crippen molar-refractivity contribution in [3.05, 3.63) is 28.8 Å². The van der Waals surface area contributed by atoms with Crippen LogP contribution in [0.5, 0.6) is 5.75 Å². The zero-order chi connectivity index (χ0) is 10.3. The Morgan fingerprint density at radius 1 is 1.36 bits per heavy atom. The minimum Gasteiger partial charge on any atom is -0.507 e. The SMILES string of the molecule is Cc1ccc(O)c2c1CCCC2(F)F. The summed E-state index contributed by atoms with van der Waals surface area (Å²) in [7, 11) is 0. The molecule has 0 amide bonds. The number of phenolic OH excluding ortho intramolecular Hbond substituents is 1. The van der Waals surface area contributed by atoms with Crippen molar-refractivity contribution in [2.45, 2.75) is 32.1 Å². The summed E-state index contributed by atoms with van der Waals surface area (Å²) in [6.07, 6.45) is 0.979. The molecule has 2 rings (SSSR count). The molecule has 1 aliphatic carbocycles. The number of benzene rings is 1. The van der Waals surface area contributed by atoms with Gasteiger partial charge in [0.15, 0.2) is 0 Å². The minimum atomic E-state index is -2.86. The molecule has 3 heteroatoms. The molecule has 0 radical (unpaired) electrons. The number of alkyl halides is 2. The lowest BCUT2D eigenvalue weighted by molar-refractivity contribution is -0.0238. The molecule has 0 spiro atoms. The fraction of sp³-hybridized carbons (Fsp3) is 0.455. The van der Waals surface area contributed by atoms with Gasteiger partial charge in [0.05, 0.1) is 5.56 Å². The van der Waals surface area contributed by atoms with Crippen LogP contribution in [-0.4, -0.2) is 5.11 Å². The Kier molecular flexibility index (Phi) is 1.98. The summed E-state index contributed by atoms with van der Waals surface area (Å²) >= 11 is 0. The van der Waals surface area contributed by atoms with Gasteiger partial charge in [-0.15, -0.1) is 0 Å². The van der Waals surface area contributed by atoms with Gasteiger partial charge in [-0.05, 0) is 37.0 Å². The predicted octanol–water partition coefficient (Wildman–Crippen LogP) is 3.13. The lowest BCUT2D eigenvalue weighted by atomic mass is 9.85. The Bertz CT molecular complexity index is 372. The monoisotopic (exact) mass is 198 g/mol. The molecule has 1 nitrogen and oxygen atoms in total. The molecule has 0 aliphatic heterocycles. The van der Waals surface area contributed by atoms with E-state index in [2.05, 4.69) is 0 Å². The molecule has 76 valence electrons. The van der Waals surface area contributed by atoms with Crippen LogP contribution in [0.1, 0.15) is 29.5 Å². The maximum absolute atomic E-state index is 13.5. The standard InChI is InChI=1S/C11H12F2O/c1-7-4-5-9(14)10-8(7)3-2-6-11(10,12)13/h4-5,14H,2-3,6H2,1H3. The van der Waals surface area contributed by atoms with Gasteiger partial charge in [0, 0.05) is 6.42 Å². The third-order valence-corrected chi connectivity index (χ3v) is 2.81. The van der Waals surface area contributed by atoms with Crippen molar-refractivity contribution < 1.29 is 13.9 Å². The van der Waals surface area contributed by atoms with Crippen LogP contribution in [-0.2, 0) is 12.3 Å². The van der Waals surface area contributed by atoms with Crippen LogP contribution >= 0.6 is 0 Å². The number of rotatable bonds is 0. The molecular formula is C11H12F2O. The second-order valence-electron chi connectivity index (χ2n) is 3.81. The molecule has 0 saturated carbocycles. The quantitative estimate of drug-likeness (QED) is 0.679. The summed E-state index contributed by atoms with van der Waals surface area (Å²) in [5.41, 5.74) is 1.32. The van der Waals surface area contributed by atoms with E-state index in [4.69, 9.17) is 0 Å². The first kappa shape index (κ1) is 9.44. The van der Waals surface area contributed by atoms with E-state index in [9.17, 15) is 13.9 Å². The number of hydrogen-bond donors (Lipinski definition) is 1. The number of aryl methyl sites for hydroxylation is 1. The fourth-order valence-corrected chi connectivity index (χ4v) is 2.08. The predicted molar refractivity (Wildman–Crippen MR) is 49.7 cm³/mol. The van der Waals surface area contributed by atoms with Crippen LogP contribution in [0.4, 0.5) is 8.78 Å². The number of hydrogen-bond acceptors (Lipinski definition) is 1. The smallest absolute Gasteiger partial charge is 0.277 e. The van der Waals surface area contributed by atoms with Gasteiger partial charge in [-0.3, -0.25) is 0 Å². The highest BCUT2D eigenvalue weighted by Crippen LogP contribution is 2.45. The van der Waals surface area contributed by atoms with Crippen LogP contribution in [0, 0.1) is 6.92 Å².